The molecular weight excluding hydrogens is 770 g/mol. The average molecular weight is 853 g/mol. The number of unbranched alkanes of at least 4 members (excludes halogenated alkanes) is 30. The molecule has 0 radical (unpaired) electrons. The van der Waals surface area contributed by atoms with Gasteiger partial charge in [0.1, 0.15) is 0 Å². The van der Waals surface area contributed by atoms with E-state index >= 15 is 0 Å². The molecule has 0 aromatic rings. The Balaban J connectivity index is -0.000000846. The van der Waals surface area contributed by atoms with Gasteiger partial charge in [-0.3, -0.25) is 0 Å². The summed E-state index contributed by atoms with van der Waals surface area (Å²) in [5.74, 6) is 1.78. The van der Waals surface area contributed by atoms with Crippen molar-refractivity contribution in [2.24, 2.45) is 0 Å². The third kappa shape index (κ3) is 58.7. The number of thioether (sulfide) groups is 2. The van der Waals surface area contributed by atoms with Crippen LogP contribution in [0.25, 0.3) is 0 Å². The van der Waals surface area contributed by atoms with E-state index in [0.29, 0.717) is 11.5 Å². The van der Waals surface area contributed by atoms with Gasteiger partial charge in [0.15, 0.2) is 0 Å². The number of rotatable bonds is 40. The molecule has 7 heteroatoms. The molecule has 0 rings (SSSR count). The van der Waals surface area contributed by atoms with Crippen molar-refractivity contribution in [3.8, 4) is 0 Å². The first-order valence-corrected chi connectivity index (χ1v) is 23.4. The first-order chi connectivity index (χ1) is 23.5. The summed E-state index contributed by atoms with van der Waals surface area (Å²) >= 11 is 3.49. The molecule has 0 heterocycles. The third-order valence-corrected chi connectivity index (χ3v) is 11.3. The Morgan fingerprint density at radius 3 is 0.694 bits per heavy atom. The number of carboxylic acid groups (broad SMARTS) is 2. The SMILES string of the molecule is CCCCCCCCCCCCCCCCCCSCCC(=O)[O-].CCCCCCCCCCCCCCCCCCSCCC(=O)[O-].[Ba+2]. The molecule has 0 aliphatic heterocycles. The van der Waals surface area contributed by atoms with Gasteiger partial charge in [-0.2, -0.15) is 23.5 Å². The Morgan fingerprint density at radius 1 is 0.327 bits per heavy atom. The van der Waals surface area contributed by atoms with E-state index in [1.54, 1.807) is 23.5 Å². The van der Waals surface area contributed by atoms with Crippen LogP contribution in [0.15, 0.2) is 0 Å². The quantitative estimate of drug-likeness (QED) is 0.0451. The summed E-state index contributed by atoms with van der Waals surface area (Å²) in [6.07, 6.45) is 45.1. The molecule has 0 saturated carbocycles. The second-order valence-electron chi connectivity index (χ2n) is 14.1. The number of hydrogen-bond donors (Lipinski definition) is 0. The van der Waals surface area contributed by atoms with Crippen molar-refractivity contribution in [1.82, 2.24) is 0 Å². The Kier molecular flexibility index (Phi) is 57.1. The van der Waals surface area contributed by atoms with Crippen molar-refractivity contribution in [2.45, 2.75) is 232 Å². The minimum atomic E-state index is -0.922. The summed E-state index contributed by atoms with van der Waals surface area (Å²) in [5, 5.41) is 20.5. The molecule has 0 bridgehead atoms. The maximum atomic E-state index is 10.3. The minimum Gasteiger partial charge on any atom is -0.550 e. The van der Waals surface area contributed by atoms with E-state index in [4.69, 9.17) is 0 Å². The number of carbonyl (C=O) groups is 2. The molecular formula is C42H82BaO4S2. The minimum absolute atomic E-state index is 0. The average Bonchev–Trinajstić information content (AvgIpc) is 3.07. The molecule has 288 valence electrons. The van der Waals surface area contributed by atoms with Gasteiger partial charge in [-0.05, 0) is 48.7 Å². The van der Waals surface area contributed by atoms with Gasteiger partial charge in [-0.25, -0.2) is 0 Å². The summed E-state index contributed by atoms with van der Waals surface area (Å²) in [4.78, 5) is 20.5. The molecule has 0 saturated heterocycles. The van der Waals surface area contributed by atoms with E-state index in [1.807, 2.05) is 0 Å². The summed E-state index contributed by atoms with van der Waals surface area (Å²) in [6.45, 7) is 4.56. The van der Waals surface area contributed by atoms with Crippen molar-refractivity contribution in [3.05, 3.63) is 0 Å². The fourth-order valence-electron chi connectivity index (χ4n) is 6.02. The van der Waals surface area contributed by atoms with Gasteiger partial charge < -0.3 is 19.8 Å². The molecule has 0 N–H and O–H groups in total. The van der Waals surface area contributed by atoms with Crippen LogP contribution in [0.2, 0.25) is 0 Å². The standard InChI is InChI=1S/2C21H42O2S.Ba/c2*1-2-3-4-5-6-7-8-9-10-11-12-13-14-15-16-17-19-24-20-18-21(22)23;/h2*2-20H2,1H3,(H,22,23);/q;;+2/p-2. The Labute approximate surface area is 355 Å². The fourth-order valence-corrected chi connectivity index (χ4v) is 7.87. The summed E-state index contributed by atoms with van der Waals surface area (Å²) in [6, 6.07) is 0. The largest absolute Gasteiger partial charge is 2.00 e. The first-order valence-electron chi connectivity index (χ1n) is 21.1. The summed E-state index contributed by atoms with van der Waals surface area (Å²) in [7, 11) is 0. The predicted octanol–water partition coefficient (Wildman–Crippen LogP) is 11.9. The van der Waals surface area contributed by atoms with Crippen LogP contribution in [0.5, 0.6) is 0 Å². The second-order valence-corrected chi connectivity index (χ2v) is 16.5. The van der Waals surface area contributed by atoms with Crippen LogP contribution < -0.4 is 10.2 Å². The fraction of sp³-hybridized carbons (Fsp3) is 0.952. The van der Waals surface area contributed by atoms with Crippen molar-refractivity contribution in [2.75, 3.05) is 23.0 Å². The molecule has 0 aliphatic carbocycles. The van der Waals surface area contributed by atoms with Gasteiger partial charge in [0, 0.05) is 11.9 Å². The van der Waals surface area contributed by atoms with E-state index < -0.39 is 11.9 Å². The van der Waals surface area contributed by atoms with Gasteiger partial charge in [-0.15, -0.1) is 0 Å². The van der Waals surface area contributed by atoms with Crippen LogP contribution in [0, 0.1) is 0 Å². The second kappa shape index (κ2) is 51.3. The molecule has 0 aromatic heterocycles. The number of aliphatic carboxylic acids is 2. The van der Waals surface area contributed by atoms with Crippen molar-refractivity contribution < 1.29 is 19.8 Å². The predicted molar refractivity (Wildman–Crippen MR) is 219 cm³/mol. The van der Waals surface area contributed by atoms with Crippen molar-refractivity contribution in [1.29, 1.82) is 0 Å². The first kappa shape index (κ1) is 54.6. The Bertz CT molecular complexity index is 571. The van der Waals surface area contributed by atoms with E-state index in [1.165, 1.54) is 205 Å². The number of hydrogen-bond acceptors (Lipinski definition) is 6. The van der Waals surface area contributed by atoms with Crippen LogP contribution in [0.1, 0.15) is 232 Å². The molecule has 0 amide bonds. The van der Waals surface area contributed by atoms with E-state index in [9.17, 15) is 19.8 Å². The van der Waals surface area contributed by atoms with Gasteiger partial charge in [0.2, 0.25) is 0 Å². The molecule has 0 aliphatic rings. The van der Waals surface area contributed by atoms with Gasteiger partial charge in [0.25, 0.3) is 0 Å². The number of carbonyl (C=O) groups excluding carboxylic acids is 2. The molecule has 49 heavy (non-hydrogen) atoms. The molecule has 0 atom stereocenters. The molecule has 4 nitrogen and oxygen atoms in total. The van der Waals surface area contributed by atoms with Crippen LogP contribution in [-0.2, 0) is 9.59 Å². The van der Waals surface area contributed by atoms with Gasteiger partial charge in [-0.1, -0.05) is 206 Å². The van der Waals surface area contributed by atoms with Crippen LogP contribution in [0.3, 0.4) is 0 Å². The maximum Gasteiger partial charge on any atom is 2.00 e. The third-order valence-electron chi connectivity index (χ3n) is 9.19. The molecule has 0 fully saturated rings. The van der Waals surface area contributed by atoms with Crippen LogP contribution >= 0.6 is 23.5 Å². The monoisotopic (exact) mass is 852 g/mol. The molecule has 0 aromatic carbocycles. The van der Waals surface area contributed by atoms with E-state index in [-0.39, 0.29) is 61.7 Å². The summed E-state index contributed by atoms with van der Waals surface area (Å²) in [5.41, 5.74) is 0. The zero-order chi connectivity index (χ0) is 35.4. The molecule has 0 unspecified atom stereocenters. The van der Waals surface area contributed by atoms with Crippen molar-refractivity contribution >= 4 is 84.3 Å². The van der Waals surface area contributed by atoms with Crippen LogP contribution in [0.4, 0.5) is 0 Å². The number of carboxylic acids is 2. The van der Waals surface area contributed by atoms with Crippen LogP contribution in [-0.4, -0.2) is 83.8 Å². The molecule has 0 spiro atoms. The zero-order valence-corrected chi connectivity index (χ0v) is 39.1. The summed E-state index contributed by atoms with van der Waals surface area (Å²) < 4.78 is 0. The topological polar surface area (TPSA) is 80.3 Å². The zero-order valence-electron chi connectivity index (χ0n) is 33.0. The Hall–Kier alpha value is 1.21. The smallest absolute Gasteiger partial charge is 0.550 e. The van der Waals surface area contributed by atoms with Gasteiger partial charge >= 0.3 is 48.9 Å². The Morgan fingerprint density at radius 2 is 0.510 bits per heavy atom. The van der Waals surface area contributed by atoms with Gasteiger partial charge in [0.05, 0.1) is 0 Å². The van der Waals surface area contributed by atoms with E-state index in [0.717, 1.165) is 11.5 Å². The van der Waals surface area contributed by atoms with E-state index in [2.05, 4.69) is 13.8 Å². The normalized spacial score (nSPS) is 10.8. The van der Waals surface area contributed by atoms with Crippen molar-refractivity contribution in [3.63, 3.8) is 0 Å². The maximum absolute atomic E-state index is 10.3.